The lowest BCUT2D eigenvalue weighted by atomic mass is 9.85. The number of carbonyl (C=O) groups excluding carboxylic acids is 1. The number of nitrogens with zero attached hydrogens (tertiary/aromatic N) is 1. The van der Waals surface area contributed by atoms with E-state index in [-0.39, 0.29) is 24.3 Å². The lowest BCUT2D eigenvalue weighted by molar-refractivity contribution is -0.142. The van der Waals surface area contributed by atoms with Gasteiger partial charge < -0.3 is 19.5 Å². The molecule has 0 fully saturated rings. The normalized spacial score (nSPS) is 15.3. The SMILES string of the molecule is COc1cc(C(=O)N2Cc3ccc(OCc4ccccc4)cc3CC2C(=O)O)ccc1C(C)(C)C. The molecule has 0 aliphatic carbocycles. The van der Waals surface area contributed by atoms with Gasteiger partial charge in [0.05, 0.1) is 7.11 Å². The summed E-state index contributed by atoms with van der Waals surface area (Å²) in [6.45, 7) is 6.87. The fourth-order valence-electron chi connectivity index (χ4n) is 4.43. The first-order chi connectivity index (χ1) is 16.7. The van der Waals surface area contributed by atoms with Crippen molar-refractivity contribution in [2.45, 2.75) is 51.8 Å². The van der Waals surface area contributed by atoms with Gasteiger partial charge in [-0.05, 0) is 51.9 Å². The molecule has 35 heavy (non-hydrogen) atoms. The maximum absolute atomic E-state index is 13.5. The number of ether oxygens (including phenoxy) is 2. The summed E-state index contributed by atoms with van der Waals surface area (Å²) in [6.07, 6.45) is 0.218. The molecule has 4 rings (SSSR count). The van der Waals surface area contributed by atoms with Gasteiger partial charge in [0.2, 0.25) is 0 Å². The van der Waals surface area contributed by atoms with Gasteiger partial charge in [-0.1, -0.05) is 63.2 Å². The third-order valence-corrected chi connectivity index (χ3v) is 6.36. The summed E-state index contributed by atoms with van der Waals surface area (Å²) in [4.78, 5) is 27.1. The van der Waals surface area contributed by atoms with Crippen molar-refractivity contribution >= 4 is 11.9 Å². The average Bonchev–Trinajstić information content (AvgIpc) is 2.85. The van der Waals surface area contributed by atoms with Crippen LogP contribution >= 0.6 is 0 Å². The van der Waals surface area contributed by atoms with E-state index in [2.05, 4.69) is 20.8 Å². The zero-order chi connectivity index (χ0) is 25.2. The molecule has 3 aromatic rings. The Kier molecular flexibility index (Phi) is 6.83. The van der Waals surface area contributed by atoms with Crippen LogP contribution in [0.3, 0.4) is 0 Å². The Hall–Kier alpha value is -3.80. The largest absolute Gasteiger partial charge is 0.496 e. The van der Waals surface area contributed by atoms with E-state index in [1.54, 1.807) is 19.2 Å². The minimum atomic E-state index is -1.03. The van der Waals surface area contributed by atoms with E-state index in [9.17, 15) is 14.7 Å². The summed E-state index contributed by atoms with van der Waals surface area (Å²) < 4.78 is 11.5. The molecule has 0 saturated carbocycles. The number of benzene rings is 3. The van der Waals surface area contributed by atoms with E-state index < -0.39 is 12.0 Å². The van der Waals surface area contributed by atoms with Gasteiger partial charge in [-0.2, -0.15) is 0 Å². The topological polar surface area (TPSA) is 76.1 Å². The summed E-state index contributed by atoms with van der Waals surface area (Å²) in [5, 5.41) is 9.95. The molecular weight excluding hydrogens is 442 g/mol. The summed E-state index contributed by atoms with van der Waals surface area (Å²) >= 11 is 0. The van der Waals surface area contributed by atoms with E-state index in [1.807, 2.05) is 54.6 Å². The molecule has 1 heterocycles. The number of carboxylic acids is 1. The molecule has 182 valence electrons. The lowest BCUT2D eigenvalue weighted by Crippen LogP contribution is -2.48. The van der Waals surface area contributed by atoms with Gasteiger partial charge in [-0.25, -0.2) is 4.79 Å². The van der Waals surface area contributed by atoms with E-state index in [1.165, 1.54) is 4.90 Å². The molecule has 1 N–H and O–H groups in total. The van der Waals surface area contributed by atoms with E-state index >= 15 is 0 Å². The monoisotopic (exact) mass is 473 g/mol. The van der Waals surface area contributed by atoms with E-state index in [0.717, 1.165) is 22.3 Å². The van der Waals surface area contributed by atoms with Crippen LogP contribution in [-0.4, -0.2) is 35.0 Å². The first-order valence-electron chi connectivity index (χ1n) is 11.7. The molecule has 0 aromatic heterocycles. The number of hydrogen-bond acceptors (Lipinski definition) is 4. The van der Waals surface area contributed by atoms with Crippen molar-refractivity contribution in [2.24, 2.45) is 0 Å². The Morgan fingerprint density at radius 2 is 1.74 bits per heavy atom. The number of hydrogen-bond donors (Lipinski definition) is 1. The number of aliphatic carboxylic acids is 1. The molecule has 0 radical (unpaired) electrons. The highest BCUT2D eigenvalue weighted by atomic mass is 16.5. The Morgan fingerprint density at radius 1 is 1.00 bits per heavy atom. The van der Waals surface area contributed by atoms with Gasteiger partial charge in [0.25, 0.3) is 5.91 Å². The fraction of sp³-hybridized carbons (Fsp3) is 0.310. The van der Waals surface area contributed by atoms with Gasteiger partial charge in [-0.3, -0.25) is 4.79 Å². The predicted molar refractivity (Wildman–Crippen MR) is 134 cm³/mol. The standard InChI is InChI=1S/C29H31NO5/c1-29(2,3)24-13-11-20(16-26(24)34-4)27(31)30-17-21-10-12-23(14-22(21)15-25(30)28(32)33)35-18-19-8-6-5-7-9-19/h5-14,16,25H,15,17-18H2,1-4H3,(H,32,33). The number of fused-ring (bicyclic) bond motifs is 1. The van der Waals surface area contributed by atoms with Crippen molar-refractivity contribution in [3.05, 3.63) is 94.5 Å². The summed E-state index contributed by atoms with van der Waals surface area (Å²) in [6, 6.07) is 19.9. The minimum Gasteiger partial charge on any atom is -0.496 e. The van der Waals surface area contributed by atoms with Crippen LogP contribution in [0.25, 0.3) is 0 Å². The highest BCUT2D eigenvalue weighted by molar-refractivity contribution is 5.97. The highest BCUT2D eigenvalue weighted by Crippen LogP contribution is 2.34. The molecule has 3 aromatic carbocycles. The van der Waals surface area contributed by atoms with Gasteiger partial charge in [-0.15, -0.1) is 0 Å². The van der Waals surface area contributed by atoms with Crippen LogP contribution in [0.2, 0.25) is 0 Å². The quantitative estimate of drug-likeness (QED) is 0.531. The van der Waals surface area contributed by atoms with E-state index in [4.69, 9.17) is 9.47 Å². The summed E-state index contributed by atoms with van der Waals surface area (Å²) in [5.41, 5.74) is 4.10. The number of methoxy groups -OCH3 is 1. The second-order valence-corrected chi connectivity index (χ2v) is 9.86. The van der Waals surface area contributed by atoms with Gasteiger partial charge >= 0.3 is 5.97 Å². The van der Waals surface area contributed by atoms with Crippen LogP contribution in [0, 0.1) is 0 Å². The Labute approximate surface area is 206 Å². The van der Waals surface area contributed by atoms with Crippen LogP contribution < -0.4 is 9.47 Å². The van der Waals surface area contributed by atoms with Crippen molar-refractivity contribution in [2.75, 3.05) is 7.11 Å². The molecule has 1 aliphatic heterocycles. The van der Waals surface area contributed by atoms with Gasteiger partial charge in [0, 0.05) is 18.5 Å². The smallest absolute Gasteiger partial charge is 0.326 e. The number of rotatable bonds is 6. The van der Waals surface area contributed by atoms with Crippen molar-refractivity contribution in [3.63, 3.8) is 0 Å². The first kappa shape index (κ1) is 24.3. The van der Waals surface area contributed by atoms with Crippen LogP contribution in [0.5, 0.6) is 11.5 Å². The molecule has 6 heteroatoms. The molecular formula is C29H31NO5. The van der Waals surface area contributed by atoms with E-state index in [0.29, 0.717) is 23.7 Å². The third kappa shape index (κ3) is 5.32. The summed E-state index contributed by atoms with van der Waals surface area (Å²) in [7, 11) is 1.58. The number of carbonyl (C=O) groups is 2. The highest BCUT2D eigenvalue weighted by Gasteiger charge is 2.35. The molecule has 1 atom stereocenters. The predicted octanol–water partition coefficient (Wildman–Crippen LogP) is 5.22. The zero-order valence-corrected chi connectivity index (χ0v) is 20.6. The lowest BCUT2D eigenvalue weighted by Gasteiger charge is -2.35. The molecule has 6 nitrogen and oxygen atoms in total. The van der Waals surface area contributed by atoms with Gasteiger partial charge in [0.1, 0.15) is 24.1 Å². The first-order valence-corrected chi connectivity index (χ1v) is 11.7. The number of carboxylic acid groups (broad SMARTS) is 1. The molecule has 1 unspecified atom stereocenters. The molecule has 0 bridgehead atoms. The average molecular weight is 474 g/mol. The van der Waals surface area contributed by atoms with Crippen molar-refractivity contribution in [1.29, 1.82) is 0 Å². The zero-order valence-electron chi connectivity index (χ0n) is 20.6. The Bertz CT molecular complexity index is 1230. The maximum atomic E-state index is 13.5. The van der Waals surface area contributed by atoms with Crippen LogP contribution in [-0.2, 0) is 29.8 Å². The van der Waals surface area contributed by atoms with Crippen LogP contribution in [0.4, 0.5) is 0 Å². The van der Waals surface area contributed by atoms with Crippen LogP contribution in [0.1, 0.15) is 53.4 Å². The second kappa shape index (κ2) is 9.82. The van der Waals surface area contributed by atoms with Crippen molar-refractivity contribution in [1.82, 2.24) is 4.90 Å². The second-order valence-electron chi connectivity index (χ2n) is 9.86. The summed E-state index contributed by atoms with van der Waals surface area (Å²) in [5.74, 6) is -0.0593. The van der Waals surface area contributed by atoms with Crippen molar-refractivity contribution < 1.29 is 24.2 Å². The molecule has 1 amide bonds. The Morgan fingerprint density at radius 3 is 2.40 bits per heavy atom. The maximum Gasteiger partial charge on any atom is 0.326 e. The minimum absolute atomic E-state index is 0.152. The molecule has 0 spiro atoms. The van der Waals surface area contributed by atoms with Crippen LogP contribution in [0.15, 0.2) is 66.7 Å². The Balaban J connectivity index is 1.57. The van der Waals surface area contributed by atoms with Gasteiger partial charge in [0.15, 0.2) is 0 Å². The molecule has 0 saturated heterocycles. The molecule has 1 aliphatic rings. The number of amides is 1. The fourth-order valence-corrected chi connectivity index (χ4v) is 4.43. The van der Waals surface area contributed by atoms with Crippen molar-refractivity contribution in [3.8, 4) is 11.5 Å². The third-order valence-electron chi connectivity index (χ3n) is 6.36.